The van der Waals surface area contributed by atoms with Crippen molar-refractivity contribution in [1.82, 2.24) is 15.5 Å². The van der Waals surface area contributed by atoms with E-state index in [0.717, 1.165) is 5.56 Å². The van der Waals surface area contributed by atoms with Gasteiger partial charge < -0.3 is 19.6 Å². The minimum atomic E-state index is -0.946. The summed E-state index contributed by atoms with van der Waals surface area (Å²) in [7, 11) is 0. The van der Waals surface area contributed by atoms with E-state index < -0.39 is 11.4 Å². The zero-order valence-corrected chi connectivity index (χ0v) is 14.3. The van der Waals surface area contributed by atoms with Crippen LogP contribution in [0.25, 0.3) is 11.5 Å². The molecule has 138 valence electrons. The fraction of sp³-hybridized carbons (Fsp3) is 0.444. The Kier molecular flexibility index (Phi) is 5.62. The summed E-state index contributed by atoms with van der Waals surface area (Å²) < 4.78 is 10.8. The molecule has 1 saturated heterocycles. The molecule has 1 amide bonds. The van der Waals surface area contributed by atoms with E-state index in [1.807, 2.05) is 30.3 Å². The lowest BCUT2D eigenvalue weighted by Gasteiger charge is -2.33. The third-order valence-electron chi connectivity index (χ3n) is 4.58. The number of carbonyl (C=O) groups excluding carboxylic acids is 1. The molecule has 1 aliphatic heterocycles. The highest BCUT2D eigenvalue weighted by molar-refractivity contribution is 5.79. The maximum atomic E-state index is 12.1. The van der Waals surface area contributed by atoms with Gasteiger partial charge in [-0.25, -0.2) is 0 Å². The summed E-state index contributed by atoms with van der Waals surface area (Å²) in [6.45, 7) is 0.891. The number of aryl methyl sites for hydroxylation is 1. The van der Waals surface area contributed by atoms with Gasteiger partial charge in [0.25, 0.3) is 0 Å². The molecule has 0 saturated carbocycles. The van der Waals surface area contributed by atoms with Crippen LogP contribution in [-0.4, -0.2) is 46.9 Å². The normalized spacial score (nSPS) is 16.2. The molecule has 1 aromatic heterocycles. The fourth-order valence-electron chi connectivity index (χ4n) is 2.86. The Bertz CT molecular complexity index is 753. The lowest BCUT2D eigenvalue weighted by Crippen LogP contribution is -2.46. The number of carboxylic acid groups (broad SMARTS) is 1. The van der Waals surface area contributed by atoms with Crippen LogP contribution in [0.2, 0.25) is 0 Å². The van der Waals surface area contributed by atoms with Gasteiger partial charge in [0.15, 0.2) is 0 Å². The van der Waals surface area contributed by atoms with Crippen molar-refractivity contribution in [3.63, 3.8) is 0 Å². The van der Waals surface area contributed by atoms with Crippen LogP contribution in [-0.2, 0) is 20.7 Å². The van der Waals surface area contributed by atoms with Crippen LogP contribution in [0, 0.1) is 5.41 Å². The molecular weight excluding hydrogens is 338 g/mol. The lowest BCUT2D eigenvalue weighted by molar-refractivity contribution is -0.154. The van der Waals surface area contributed by atoms with Crippen LogP contribution in [0.5, 0.6) is 0 Å². The van der Waals surface area contributed by atoms with E-state index in [1.54, 1.807) is 0 Å². The third-order valence-corrected chi connectivity index (χ3v) is 4.58. The van der Waals surface area contributed by atoms with Crippen molar-refractivity contribution in [2.24, 2.45) is 5.41 Å². The van der Waals surface area contributed by atoms with Crippen LogP contribution in [0.3, 0.4) is 0 Å². The summed E-state index contributed by atoms with van der Waals surface area (Å²) in [5.41, 5.74) is -0.127. The van der Waals surface area contributed by atoms with E-state index in [9.17, 15) is 14.7 Å². The van der Waals surface area contributed by atoms with Gasteiger partial charge in [-0.3, -0.25) is 9.59 Å². The second kappa shape index (κ2) is 8.09. The molecule has 2 aromatic rings. The number of benzene rings is 1. The lowest BCUT2D eigenvalue weighted by atomic mass is 9.80. The van der Waals surface area contributed by atoms with E-state index in [1.165, 1.54) is 0 Å². The summed E-state index contributed by atoms with van der Waals surface area (Å²) in [6, 6.07) is 9.38. The molecule has 0 unspecified atom stereocenters. The predicted octanol–water partition coefficient (Wildman–Crippen LogP) is 1.67. The number of aromatic nitrogens is 2. The molecule has 0 radical (unpaired) electrons. The quantitative estimate of drug-likeness (QED) is 0.772. The first-order chi connectivity index (χ1) is 12.6. The number of nitrogens with one attached hydrogen (secondary N) is 1. The van der Waals surface area contributed by atoms with Crippen LogP contribution in [0.1, 0.15) is 25.2 Å². The number of amides is 1. The standard InChI is InChI=1S/C18H21N3O5/c22-14(19-12-18(17(23)24)8-10-25-11-9-18)6-7-15-20-21-16(26-15)13-4-2-1-3-5-13/h1-5H,6-12H2,(H,19,22)(H,23,24). The second-order valence-corrected chi connectivity index (χ2v) is 6.34. The Morgan fingerprint density at radius 2 is 1.88 bits per heavy atom. The summed E-state index contributed by atoms with van der Waals surface area (Å²) in [4.78, 5) is 23.6. The highest BCUT2D eigenvalue weighted by atomic mass is 16.5. The van der Waals surface area contributed by atoms with Crippen LogP contribution in [0.15, 0.2) is 34.7 Å². The van der Waals surface area contributed by atoms with Gasteiger partial charge in [0.05, 0.1) is 5.41 Å². The first-order valence-corrected chi connectivity index (χ1v) is 8.55. The monoisotopic (exact) mass is 359 g/mol. The molecule has 0 atom stereocenters. The molecular formula is C18H21N3O5. The smallest absolute Gasteiger partial charge is 0.311 e. The minimum Gasteiger partial charge on any atom is -0.481 e. The van der Waals surface area contributed by atoms with E-state index in [-0.39, 0.29) is 18.9 Å². The van der Waals surface area contributed by atoms with Crippen LogP contribution < -0.4 is 5.32 Å². The van der Waals surface area contributed by atoms with Gasteiger partial charge in [0, 0.05) is 38.2 Å². The Morgan fingerprint density at radius 1 is 1.15 bits per heavy atom. The van der Waals surface area contributed by atoms with Gasteiger partial charge >= 0.3 is 5.97 Å². The number of carbonyl (C=O) groups is 2. The Labute approximate surface area is 150 Å². The maximum absolute atomic E-state index is 12.1. The van der Waals surface area contributed by atoms with Gasteiger partial charge in [0.1, 0.15) is 0 Å². The Morgan fingerprint density at radius 3 is 2.58 bits per heavy atom. The average molecular weight is 359 g/mol. The third kappa shape index (κ3) is 4.26. The highest BCUT2D eigenvalue weighted by Gasteiger charge is 2.40. The van der Waals surface area contributed by atoms with Crippen molar-refractivity contribution < 1.29 is 23.8 Å². The molecule has 1 aliphatic rings. The van der Waals surface area contributed by atoms with E-state index in [2.05, 4.69) is 15.5 Å². The summed E-state index contributed by atoms with van der Waals surface area (Å²) in [5, 5.41) is 20.1. The van der Waals surface area contributed by atoms with Gasteiger partial charge in [-0.05, 0) is 25.0 Å². The zero-order chi connectivity index (χ0) is 18.4. The van der Waals surface area contributed by atoms with E-state index in [4.69, 9.17) is 9.15 Å². The van der Waals surface area contributed by atoms with Crippen molar-refractivity contribution in [1.29, 1.82) is 0 Å². The summed E-state index contributed by atoms with van der Waals surface area (Å²) >= 11 is 0. The Balaban J connectivity index is 1.50. The predicted molar refractivity (Wildman–Crippen MR) is 91.2 cm³/mol. The van der Waals surface area contributed by atoms with Crippen molar-refractivity contribution >= 4 is 11.9 Å². The summed E-state index contributed by atoms with van der Waals surface area (Å²) in [6.07, 6.45) is 1.25. The Hall–Kier alpha value is -2.74. The second-order valence-electron chi connectivity index (χ2n) is 6.34. The minimum absolute atomic E-state index is 0.101. The average Bonchev–Trinajstić information content (AvgIpc) is 3.15. The number of nitrogens with zero attached hydrogens (tertiary/aromatic N) is 2. The van der Waals surface area contributed by atoms with Crippen molar-refractivity contribution in [2.45, 2.75) is 25.7 Å². The van der Waals surface area contributed by atoms with Crippen molar-refractivity contribution in [3.8, 4) is 11.5 Å². The van der Waals surface area contributed by atoms with Crippen LogP contribution >= 0.6 is 0 Å². The molecule has 2 N–H and O–H groups in total. The van der Waals surface area contributed by atoms with Gasteiger partial charge in [-0.1, -0.05) is 18.2 Å². The molecule has 3 rings (SSSR count). The van der Waals surface area contributed by atoms with E-state index >= 15 is 0 Å². The number of aliphatic carboxylic acids is 1. The van der Waals surface area contributed by atoms with E-state index in [0.29, 0.717) is 44.3 Å². The molecule has 2 heterocycles. The molecule has 26 heavy (non-hydrogen) atoms. The highest BCUT2D eigenvalue weighted by Crippen LogP contribution is 2.30. The number of carboxylic acids is 1. The molecule has 8 heteroatoms. The molecule has 1 aromatic carbocycles. The molecule has 0 spiro atoms. The molecule has 8 nitrogen and oxygen atoms in total. The largest absolute Gasteiger partial charge is 0.481 e. The molecule has 1 fully saturated rings. The van der Waals surface area contributed by atoms with Gasteiger partial charge in [-0.15, -0.1) is 10.2 Å². The van der Waals surface area contributed by atoms with Gasteiger partial charge in [-0.2, -0.15) is 0 Å². The number of hydrogen-bond acceptors (Lipinski definition) is 6. The molecule has 0 bridgehead atoms. The zero-order valence-electron chi connectivity index (χ0n) is 14.3. The number of ether oxygens (including phenoxy) is 1. The fourth-order valence-corrected chi connectivity index (χ4v) is 2.86. The summed E-state index contributed by atoms with van der Waals surface area (Å²) in [5.74, 6) is -0.354. The first kappa shape index (κ1) is 18.1. The van der Waals surface area contributed by atoms with Gasteiger partial charge in [0.2, 0.25) is 17.7 Å². The van der Waals surface area contributed by atoms with Crippen molar-refractivity contribution in [2.75, 3.05) is 19.8 Å². The maximum Gasteiger partial charge on any atom is 0.311 e. The topological polar surface area (TPSA) is 115 Å². The number of hydrogen-bond donors (Lipinski definition) is 2. The van der Waals surface area contributed by atoms with Crippen LogP contribution in [0.4, 0.5) is 0 Å². The first-order valence-electron chi connectivity index (χ1n) is 8.55. The SMILES string of the molecule is O=C(CCc1nnc(-c2ccccc2)o1)NCC1(C(=O)O)CCOCC1. The number of rotatable bonds is 7. The molecule has 0 aliphatic carbocycles. The van der Waals surface area contributed by atoms with Crippen molar-refractivity contribution in [3.05, 3.63) is 36.2 Å².